The van der Waals surface area contributed by atoms with Gasteiger partial charge in [0.05, 0.1) is 0 Å². The SMILES string of the molecule is NC(=O)CCCCNCc1cccc(O)c1O. The standard InChI is InChI=1S/C12H18N2O3/c13-11(16)6-1-2-7-14-8-9-4-3-5-10(15)12(9)17/h3-5,14-15,17H,1-2,6-8H2,(H2,13,16). The van der Waals surface area contributed by atoms with E-state index in [0.717, 1.165) is 19.4 Å². The van der Waals surface area contributed by atoms with Crippen LogP contribution in [-0.2, 0) is 11.3 Å². The lowest BCUT2D eigenvalue weighted by molar-refractivity contribution is -0.118. The molecule has 5 heteroatoms. The molecule has 0 heterocycles. The molecule has 0 fully saturated rings. The summed E-state index contributed by atoms with van der Waals surface area (Å²) >= 11 is 0. The van der Waals surface area contributed by atoms with Crippen LogP contribution in [0.3, 0.4) is 0 Å². The molecule has 0 aliphatic carbocycles. The van der Waals surface area contributed by atoms with E-state index in [1.165, 1.54) is 6.07 Å². The first-order valence-electron chi connectivity index (χ1n) is 5.60. The van der Waals surface area contributed by atoms with Crippen molar-refractivity contribution in [3.63, 3.8) is 0 Å². The molecule has 1 amide bonds. The van der Waals surface area contributed by atoms with Crippen LogP contribution in [0, 0.1) is 0 Å². The minimum atomic E-state index is -0.282. The van der Waals surface area contributed by atoms with E-state index >= 15 is 0 Å². The summed E-state index contributed by atoms with van der Waals surface area (Å²) in [6.45, 7) is 1.22. The number of unbranched alkanes of at least 4 members (excludes halogenated alkanes) is 1. The van der Waals surface area contributed by atoms with Crippen LogP contribution >= 0.6 is 0 Å². The minimum Gasteiger partial charge on any atom is -0.504 e. The second-order valence-electron chi connectivity index (χ2n) is 3.89. The van der Waals surface area contributed by atoms with Crippen LogP contribution in [0.1, 0.15) is 24.8 Å². The summed E-state index contributed by atoms with van der Waals surface area (Å²) < 4.78 is 0. The third kappa shape index (κ3) is 4.74. The summed E-state index contributed by atoms with van der Waals surface area (Å²) in [7, 11) is 0. The molecule has 0 aromatic heterocycles. The number of rotatable bonds is 7. The Morgan fingerprint density at radius 1 is 1.29 bits per heavy atom. The summed E-state index contributed by atoms with van der Waals surface area (Å²) in [6, 6.07) is 4.86. The van der Waals surface area contributed by atoms with Crippen molar-refractivity contribution in [2.75, 3.05) is 6.54 Å². The van der Waals surface area contributed by atoms with E-state index in [-0.39, 0.29) is 17.4 Å². The summed E-state index contributed by atoms with van der Waals surface area (Å²) in [4.78, 5) is 10.5. The van der Waals surface area contributed by atoms with Gasteiger partial charge in [-0.25, -0.2) is 0 Å². The van der Waals surface area contributed by atoms with Gasteiger partial charge in [-0.1, -0.05) is 12.1 Å². The van der Waals surface area contributed by atoms with E-state index in [0.29, 0.717) is 18.5 Å². The number of aromatic hydroxyl groups is 2. The van der Waals surface area contributed by atoms with Crippen LogP contribution in [-0.4, -0.2) is 22.7 Å². The lowest BCUT2D eigenvalue weighted by atomic mass is 10.2. The van der Waals surface area contributed by atoms with Gasteiger partial charge in [-0.05, 0) is 25.5 Å². The molecule has 1 aromatic rings. The van der Waals surface area contributed by atoms with Crippen LogP contribution in [0.4, 0.5) is 0 Å². The smallest absolute Gasteiger partial charge is 0.217 e. The van der Waals surface area contributed by atoms with Crippen molar-refractivity contribution in [3.8, 4) is 11.5 Å². The van der Waals surface area contributed by atoms with Crippen molar-refractivity contribution in [2.45, 2.75) is 25.8 Å². The highest BCUT2D eigenvalue weighted by Gasteiger charge is 2.04. The number of amides is 1. The summed E-state index contributed by atoms with van der Waals surface area (Å²) in [5.41, 5.74) is 5.67. The first kappa shape index (κ1) is 13.3. The monoisotopic (exact) mass is 238 g/mol. The van der Waals surface area contributed by atoms with Gasteiger partial charge >= 0.3 is 0 Å². The number of hydrogen-bond donors (Lipinski definition) is 4. The molecule has 0 atom stereocenters. The number of primary amides is 1. The molecule has 0 radical (unpaired) electrons. The Morgan fingerprint density at radius 2 is 2.06 bits per heavy atom. The first-order chi connectivity index (χ1) is 8.11. The number of nitrogens with two attached hydrogens (primary N) is 1. The zero-order valence-electron chi connectivity index (χ0n) is 9.65. The molecular weight excluding hydrogens is 220 g/mol. The zero-order valence-corrected chi connectivity index (χ0v) is 9.65. The highest BCUT2D eigenvalue weighted by Crippen LogP contribution is 2.27. The van der Waals surface area contributed by atoms with Gasteiger partial charge < -0.3 is 21.3 Å². The van der Waals surface area contributed by atoms with E-state index < -0.39 is 0 Å². The Kier molecular flexibility index (Phi) is 5.29. The van der Waals surface area contributed by atoms with Crippen molar-refractivity contribution >= 4 is 5.91 Å². The molecule has 5 N–H and O–H groups in total. The van der Waals surface area contributed by atoms with Crippen LogP contribution in [0.25, 0.3) is 0 Å². The molecule has 0 saturated heterocycles. The Balaban J connectivity index is 2.22. The first-order valence-corrected chi connectivity index (χ1v) is 5.60. The van der Waals surface area contributed by atoms with Crippen LogP contribution in [0.5, 0.6) is 11.5 Å². The van der Waals surface area contributed by atoms with E-state index in [2.05, 4.69) is 5.32 Å². The van der Waals surface area contributed by atoms with Crippen molar-refractivity contribution in [1.82, 2.24) is 5.32 Å². The molecule has 5 nitrogen and oxygen atoms in total. The highest BCUT2D eigenvalue weighted by molar-refractivity contribution is 5.73. The lowest BCUT2D eigenvalue weighted by Gasteiger charge is -2.07. The molecule has 0 spiro atoms. The van der Waals surface area contributed by atoms with Crippen LogP contribution in [0.2, 0.25) is 0 Å². The van der Waals surface area contributed by atoms with Gasteiger partial charge in [0, 0.05) is 18.5 Å². The molecule has 0 unspecified atom stereocenters. The molecule has 0 bridgehead atoms. The number of para-hydroxylation sites is 1. The predicted octanol–water partition coefficient (Wildman–Crippen LogP) is 0.843. The average molecular weight is 238 g/mol. The van der Waals surface area contributed by atoms with Crippen molar-refractivity contribution in [1.29, 1.82) is 0 Å². The topological polar surface area (TPSA) is 95.6 Å². The molecule has 0 aliphatic rings. The Morgan fingerprint density at radius 3 is 2.76 bits per heavy atom. The fraction of sp³-hybridized carbons (Fsp3) is 0.417. The van der Waals surface area contributed by atoms with Crippen LogP contribution < -0.4 is 11.1 Å². The van der Waals surface area contributed by atoms with E-state index in [9.17, 15) is 15.0 Å². The largest absolute Gasteiger partial charge is 0.504 e. The number of phenolic OH excluding ortho intramolecular Hbond substituents is 2. The molecule has 0 aliphatic heterocycles. The quantitative estimate of drug-likeness (QED) is 0.418. The molecule has 1 rings (SSSR count). The second-order valence-corrected chi connectivity index (χ2v) is 3.89. The summed E-state index contributed by atoms with van der Waals surface area (Å²) in [5.74, 6) is -0.481. The van der Waals surface area contributed by atoms with Gasteiger partial charge in [0.2, 0.25) is 5.91 Å². The van der Waals surface area contributed by atoms with Gasteiger partial charge in [-0.15, -0.1) is 0 Å². The number of phenols is 2. The molecular formula is C12H18N2O3. The number of benzene rings is 1. The Hall–Kier alpha value is -1.75. The van der Waals surface area contributed by atoms with Gasteiger partial charge in [0.1, 0.15) is 0 Å². The normalized spacial score (nSPS) is 10.4. The van der Waals surface area contributed by atoms with E-state index in [1.54, 1.807) is 12.1 Å². The fourth-order valence-electron chi connectivity index (χ4n) is 1.49. The highest BCUT2D eigenvalue weighted by atomic mass is 16.3. The molecule has 17 heavy (non-hydrogen) atoms. The Labute approximate surface area is 100 Å². The van der Waals surface area contributed by atoms with Crippen molar-refractivity contribution in [2.24, 2.45) is 5.73 Å². The third-order valence-corrected chi connectivity index (χ3v) is 2.44. The van der Waals surface area contributed by atoms with Crippen molar-refractivity contribution in [3.05, 3.63) is 23.8 Å². The second kappa shape index (κ2) is 6.75. The Bertz CT molecular complexity index is 380. The maximum absolute atomic E-state index is 10.5. The maximum Gasteiger partial charge on any atom is 0.217 e. The fourth-order valence-corrected chi connectivity index (χ4v) is 1.49. The summed E-state index contributed by atoms with van der Waals surface area (Å²) in [6.07, 6.45) is 2.01. The van der Waals surface area contributed by atoms with E-state index in [1.807, 2.05) is 0 Å². The average Bonchev–Trinajstić information content (AvgIpc) is 2.28. The van der Waals surface area contributed by atoms with Gasteiger partial charge in [0.25, 0.3) is 0 Å². The number of nitrogens with one attached hydrogen (secondary N) is 1. The van der Waals surface area contributed by atoms with Gasteiger partial charge in [-0.3, -0.25) is 4.79 Å². The van der Waals surface area contributed by atoms with E-state index in [4.69, 9.17) is 5.73 Å². The number of carbonyl (C=O) groups is 1. The van der Waals surface area contributed by atoms with Crippen LogP contribution in [0.15, 0.2) is 18.2 Å². The minimum absolute atomic E-state index is 0.0860. The molecule has 1 aromatic carbocycles. The van der Waals surface area contributed by atoms with Crippen molar-refractivity contribution < 1.29 is 15.0 Å². The summed E-state index contributed by atoms with van der Waals surface area (Å²) in [5, 5.41) is 21.9. The lowest BCUT2D eigenvalue weighted by Crippen LogP contribution is -2.16. The molecule has 0 saturated carbocycles. The van der Waals surface area contributed by atoms with Gasteiger partial charge in [-0.2, -0.15) is 0 Å². The number of carbonyl (C=O) groups excluding carboxylic acids is 1. The van der Waals surface area contributed by atoms with Gasteiger partial charge in [0.15, 0.2) is 11.5 Å². The molecule has 94 valence electrons. The third-order valence-electron chi connectivity index (χ3n) is 2.44. The number of hydrogen-bond acceptors (Lipinski definition) is 4. The maximum atomic E-state index is 10.5. The zero-order chi connectivity index (χ0) is 12.7. The predicted molar refractivity (Wildman–Crippen MR) is 64.5 cm³/mol.